The van der Waals surface area contributed by atoms with Crippen molar-refractivity contribution in [1.29, 1.82) is 0 Å². The molecular weight excluding hydrogens is 254 g/mol. The Morgan fingerprint density at radius 3 is 2.75 bits per heavy atom. The van der Waals surface area contributed by atoms with Crippen LogP contribution < -0.4 is 10.9 Å². The fourth-order valence-electron chi connectivity index (χ4n) is 2.87. The zero-order valence-corrected chi connectivity index (χ0v) is 12.4. The molecule has 1 aliphatic carbocycles. The van der Waals surface area contributed by atoms with Crippen molar-refractivity contribution in [2.75, 3.05) is 11.9 Å². The number of nitrogens with one attached hydrogen (secondary N) is 1. The average molecular weight is 277 g/mol. The molecule has 2 fully saturated rings. The SMILES string of the molecule is CC(C)(C)n1ccnc(NC2CCOC2C2CC2)c1=O. The van der Waals surface area contributed by atoms with Crippen LogP contribution in [0.15, 0.2) is 17.2 Å². The van der Waals surface area contributed by atoms with Crippen molar-refractivity contribution in [1.82, 2.24) is 9.55 Å². The van der Waals surface area contributed by atoms with Crippen LogP contribution in [0, 0.1) is 5.92 Å². The molecule has 0 radical (unpaired) electrons. The van der Waals surface area contributed by atoms with Gasteiger partial charge in [-0.15, -0.1) is 0 Å². The van der Waals surface area contributed by atoms with Crippen LogP contribution in [0.2, 0.25) is 0 Å². The summed E-state index contributed by atoms with van der Waals surface area (Å²) in [6.45, 7) is 6.83. The molecule has 5 heteroatoms. The van der Waals surface area contributed by atoms with Crippen molar-refractivity contribution in [2.45, 2.75) is 57.7 Å². The average Bonchev–Trinajstić information content (AvgIpc) is 3.11. The Morgan fingerprint density at radius 2 is 2.10 bits per heavy atom. The van der Waals surface area contributed by atoms with Crippen molar-refractivity contribution >= 4 is 5.82 Å². The van der Waals surface area contributed by atoms with E-state index in [9.17, 15) is 4.79 Å². The van der Waals surface area contributed by atoms with Crippen molar-refractivity contribution in [2.24, 2.45) is 5.92 Å². The summed E-state index contributed by atoms with van der Waals surface area (Å²) in [5, 5.41) is 3.32. The Morgan fingerprint density at radius 1 is 1.35 bits per heavy atom. The fraction of sp³-hybridized carbons (Fsp3) is 0.733. The first-order chi connectivity index (χ1) is 9.47. The molecule has 2 heterocycles. The molecule has 1 aromatic rings. The van der Waals surface area contributed by atoms with Crippen molar-refractivity contribution in [3.63, 3.8) is 0 Å². The number of anilines is 1. The fourth-order valence-corrected chi connectivity index (χ4v) is 2.87. The quantitative estimate of drug-likeness (QED) is 0.918. The molecule has 2 aliphatic rings. The van der Waals surface area contributed by atoms with Gasteiger partial charge >= 0.3 is 0 Å². The molecule has 5 nitrogen and oxygen atoms in total. The van der Waals surface area contributed by atoms with E-state index in [1.807, 2.05) is 20.8 Å². The first kappa shape index (κ1) is 13.6. The van der Waals surface area contributed by atoms with Crippen LogP contribution in [-0.4, -0.2) is 28.3 Å². The van der Waals surface area contributed by atoms with Crippen molar-refractivity contribution < 1.29 is 4.74 Å². The third kappa shape index (κ3) is 2.59. The first-order valence-corrected chi connectivity index (χ1v) is 7.43. The molecule has 3 rings (SSSR count). The minimum Gasteiger partial charge on any atom is -0.376 e. The minimum absolute atomic E-state index is 0.0542. The second-order valence-corrected chi connectivity index (χ2v) is 6.83. The highest BCUT2D eigenvalue weighted by molar-refractivity contribution is 5.34. The van der Waals surface area contributed by atoms with Gasteiger partial charge in [-0.25, -0.2) is 4.98 Å². The molecular formula is C15H23N3O2. The van der Waals surface area contributed by atoms with Gasteiger partial charge in [0.05, 0.1) is 12.1 Å². The smallest absolute Gasteiger partial charge is 0.293 e. The molecule has 1 saturated carbocycles. The summed E-state index contributed by atoms with van der Waals surface area (Å²) in [6.07, 6.45) is 7.13. The van der Waals surface area contributed by atoms with Crippen LogP contribution in [0.3, 0.4) is 0 Å². The maximum Gasteiger partial charge on any atom is 0.293 e. The molecule has 0 bridgehead atoms. The first-order valence-electron chi connectivity index (χ1n) is 7.43. The molecule has 110 valence electrons. The number of hydrogen-bond acceptors (Lipinski definition) is 4. The number of ether oxygens (including phenoxy) is 1. The van der Waals surface area contributed by atoms with Crippen LogP contribution in [-0.2, 0) is 10.3 Å². The Kier molecular flexibility index (Phi) is 3.32. The Hall–Kier alpha value is -1.36. The van der Waals surface area contributed by atoms with Gasteiger partial charge < -0.3 is 14.6 Å². The van der Waals surface area contributed by atoms with E-state index in [1.165, 1.54) is 12.8 Å². The standard InChI is InChI=1S/C15H23N3O2/c1-15(2,3)18-8-7-16-13(14(18)19)17-11-6-9-20-12(11)10-4-5-10/h7-8,10-12H,4-6,9H2,1-3H3,(H,16,17). The zero-order chi connectivity index (χ0) is 14.3. The molecule has 0 amide bonds. The maximum absolute atomic E-state index is 12.5. The molecule has 0 spiro atoms. The van der Waals surface area contributed by atoms with Crippen LogP contribution in [0.1, 0.15) is 40.0 Å². The second kappa shape index (κ2) is 4.88. The summed E-state index contributed by atoms with van der Waals surface area (Å²) in [4.78, 5) is 16.7. The predicted molar refractivity (Wildman–Crippen MR) is 78.0 cm³/mol. The molecule has 1 aliphatic heterocycles. The van der Waals surface area contributed by atoms with Crippen molar-refractivity contribution in [3.05, 3.63) is 22.7 Å². The van der Waals surface area contributed by atoms with Crippen LogP contribution in [0.25, 0.3) is 0 Å². The third-order valence-electron chi connectivity index (χ3n) is 4.11. The molecule has 0 aromatic carbocycles. The van der Waals surface area contributed by atoms with Gasteiger partial charge in [0, 0.05) is 24.5 Å². The van der Waals surface area contributed by atoms with Gasteiger partial charge in [-0.2, -0.15) is 0 Å². The summed E-state index contributed by atoms with van der Waals surface area (Å²) in [7, 11) is 0. The van der Waals surface area contributed by atoms with E-state index in [-0.39, 0.29) is 23.2 Å². The topological polar surface area (TPSA) is 56.1 Å². The lowest BCUT2D eigenvalue weighted by atomic mass is 10.1. The lowest BCUT2D eigenvalue weighted by molar-refractivity contribution is 0.0898. The molecule has 1 aromatic heterocycles. The van der Waals surface area contributed by atoms with Gasteiger partial charge in [-0.3, -0.25) is 4.79 Å². The zero-order valence-electron chi connectivity index (χ0n) is 12.4. The molecule has 1 N–H and O–H groups in total. The van der Waals surface area contributed by atoms with E-state index in [2.05, 4.69) is 10.3 Å². The van der Waals surface area contributed by atoms with Crippen LogP contribution >= 0.6 is 0 Å². The van der Waals surface area contributed by atoms with Crippen molar-refractivity contribution in [3.8, 4) is 0 Å². The largest absolute Gasteiger partial charge is 0.376 e. The van der Waals surface area contributed by atoms with Gasteiger partial charge in [-0.05, 0) is 46.0 Å². The highest BCUT2D eigenvalue weighted by Crippen LogP contribution is 2.39. The van der Waals surface area contributed by atoms with Crippen LogP contribution in [0.4, 0.5) is 5.82 Å². The highest BCUT2D eigenvalue weighted by atomic mass is 16.5. The normalized spacial score (nSPS) is 26.8. The number of rotatable bonds is 3. The Labute approximate surface area is 119 Å². The van der Waals surface area contributed by atoms with E-state index in [0.29, 0.717) is 11.7 Å². The third-order valence-corrected chi connectivity index (χ3v) is 4.11. The van der Waals surface area contributed by atoms with E-state index in [4.69, 9.17) is 4.74 Å². The summed E-state index contributed by atoms with van der Waals surface area (Å²) in [6, 6.07) is 0.221. The van der Waals surface area contributed by atoms with Crippen LogP contribution in [0.5, 0.6) is 0 Å². The monoisotopic (exact) mass is 277 g/mol. The van der Waals surface area contributed by atoms with E-state index in [0.717, 1.165) is 13.0 Å². The van der Waals surface area contributed by atoms with Gasteiger partial charge in [0.15, 0.2) is 5.82 Å². The predicted octanol–water partition coefficient (Wildman–Crippen LogP) is 1.98. The minimum atomic E-state index is -0.238. The summed E-state index contributed by atoms with van der Waals surface area (Å²) in [5.74, 6) is 1.12. The summed E-state index contributed by atoms with van der Waals surface area (Å²) in [5.41, 5.74) is -0.292. The van der Waals surface area contributed by atoms with E-state index >= 15 is 0 Å². The second-order valence-electron chi connectivity index (χ2n) is 6.83. The lowest BCUT2D eigenvalue weighted by Gasteiger charge is -2.24. The number of aromatic nitrogens is 2. The van der Waals surface area contributed by atoms with Gasteiger partial charge in [-0.1, -0.05) is 0 Å². The van der Waals surface area contributed by atoms with Gasteiger partial charge in [0.1, 0.15) is 0 Å². The lowest BCUT2D eigenvalue weighted by Crippen LogP contribution is -2.38. The maximum atomic E-state index is 12.5. The molecule has 2 unspecified atom stereocenters. The van der Waals surface area contributed by atoms with E-state index < -0.39 is 0 Å². The molecule has 2 atom stereocenters. The summed E-state index contributed by atoms with van der Waals surface area (Å²) < 4.78 is 7.53. The molecule has 1 saturated heterocycles. The molecule has 20 heavy (non-hydrogen) atoms. The number of hydrogen-bond donors (Lipinski definition) is 1. The van der Waals surface area contributed by atoms with Gasteiger partial charge in [0.25, 0.3) is 5.56 Å². The van der Waals surface area contributed by atoms with E-state index in [1.54, 1.807) is 17.0 Å². The highest BCUT2D eigenvalue weighted by Gasteiger charge is 2.41. The van der Waals surface area contributed by atoms with Gasteiger partial charge in [0.2, 0.25) is 0 Å². The Balaban J connectivity index is 1.82. The number of nitrogens with zero attached hydrogens (tertiary/aromatic N) is 2. The Bertz CT molecular complexity index is 543. The summed E-state index contributed by atoms with van der Waals surface area (Å²) >= 11 is 0.